The van der Waals surface area contributed by atoms with Gasteiger partial charge >= 0.3 is 0 Å². The van der Waals surface area contributed by atoms with Gasteiger partial charge in [-0.25, -0.2) is 0 Å². The van der Waals surface area contributed by atoms with Crippen molar-refractivity contribution < 1.29 is 14.3 Å². The average molecular weight is 354 g/mol. The second-order valence-electron chi connectivity index (χ2n) is 6.35. The van der Waals surface area contributed by atoms with Gasteiger partial charge in [-0.3, -0.25) is 4.79 Å². The molecule has 0 bridgehead atoms. The van der Waals surface area contributed by atoms with Crippen molar-refractivity contribution in [3.8, 4) is 5.75 Å². The predicted octanol–water partition coefficient (Wildman–Crippen LogP) is 3.41. The van der Waals surface area contributed by atoms with Crippen molar-refractivity contribution in [3.05, 3.63) is 59.7 Å². The summed E-state index contributed by atoms with van der Waals surface area (Å²) in [6, 6.07) is 15.6. The highest BCUT2D eigenvalue weighted by Gasteiger charge is 2.16. The smallest absolute Gasteiger partial charge is 0.251 e. The summed E-state index contributed by atoms with van der Waals surface area (Å²) in [4.78, 5) is 14.9. The third-order valence-electron chi connectivity index (χ3n) is 4.74. The Hall–Kier alpha value is -2.53. The number of carbonyl (C=O) groups is 1. The molecule has 0 unspecified atom stereocenters. The molecule has 1 aliphatic heterocycles. The maximum absolute atomic E-state index is 12.6. The summed E-state index contributed by atoms with van der Waals surface area (Å²) in [6.07, 6.45) is 0.823. The second kappa shape index (κ2) is 8.72. The first-order valence-corrected chi connectivity index (χ1v) is 9.09. The van der Waals surface area contributed by atoms with Gasteiger partial charge in [0.25, 0.3) is 5.91 Å². The van der Waals surface area contributed by atoms with Crippen molar-refractivity contribution in [2.24, 2.45) is 0 Å². The van der Waals surface area contributed by atoms with Crippen LogP contribution < -0.4 is 15.0 Å². The first-order chi connectivity index (χ1) is 12.7. The lowest BCUT2D eigenvalue weighted by Crippen LogP contribution is -2.36. The third kappa shape index (κ3) is 4.35. The molecule has 2 aromatic rings. The Kier molecular flexibility index (Phi) is 6.12. The first-order valence-electron chi connectivity index (χ1n) is 9.09. The number of carbonyl (C=O) groups excluding carboxylic acids is 1. The molecule has 0 aromatic heterocycles. The number of nitrogens with one attached hydrogen (secondary N) is 1. The van der Waals surface area contributed by atoms with Gasteiger partial charge in [-0.05, 0) is 48.4 Å². The number of benzene rings is 2. The van der Waals surface area contributed by atoms with E-state index in [9.17, 15) is 4.79 Å². The van der Waals surface area contributed by atoms with Gasteiger partial charge in [0, 0.05) is 24.3 Å². The number of hydrogen-bond acceptors (Lipinski definition) is 4. The van der Waals surface area contributed by atoms with Crippen LogP contribution >= 0.6 is 0 Å². The summed E-state index contributed by atoms with van der Waals surface area (Å²) in [6.45, 7) is 5.35. The van der Waals surface area contributed by atoms with Crippen molar-refractivity contribution in [3.63, 3.8) is 0 Å². The largest absolute Gasteiger partial charge is 0.497 e. The maximum Gasteiger partial charge on any atom is 0.251 e. The highest BCUT2D eigenvalue weighted by molar-refractivity contribution is 5.94. The summed E-state index contributed by atoms with van der Waals surface area (Å²) in [7, 11) is 1.65. The number of anilines is 1. The van der Waals surface area contributed by atoms with Crippen molar-refractivity contribution in [2.75, 3.05) is 38.3 Å². The molecule has 0 aliphatic carbocycles. The number of methoxy groups -OCH3 is 1. The molecule has 1 amide bonds. The van der Waals surface area contributed by atoms with Gasteiger partial charge < -0.3 is 19.7 Å². The van der Waals surface area contributed by atoms with Gasteiger partial charge in [0.15, 0.2) is 0 Å². The Morgan fingerprint density at radius 3 is 2.35 bits per heavy atom. The van der Waals surface area contributed by atoms with E-state index in [0.717, 1.165) is 49.7 Å². The molecule has 0 spiro atoms. The molecule has 2 aromatic carbocycles. The van der Waals surface area contributed by atoms with Crippen LogP contribution in [-0.2, 0) is 4.74 Å². The van der Waals surface area contributed by atoms with Gasteiger partial charge in [-0.2, -0.15) is 0 Å². The average Bonchev–Trinajstić information content (AvgIpc) is 2.72. The molecular formula is C21H26N2O3. The Labute approximate surface area is 154 Å². The molecule has 0 saturated carbocycles. The molecule has 1 saturated heterocycles. The highest BCUT2D eigenvalue weighted by atomic mass is 16.5. The van der Waals surface area contributed by atoms with Crippen molar-refractivity contribution in [2.45, 2.75) is 19.4 Å². The van der Waals surface area contributed by atoms with Crippen LogP contribution in [0.15, 0.2) is 48.5 Å². The molecule has 0 radical (unpaired) electrons. The zero-order chi connectivity index (χ0) is 18.4. The quantitative estimate of drug-likeness (QED) is 0.864. The Bertz CT molecular complexity index is 707. The number of hydrogen-bond donors (Lipinski definition) is 1. The van der Waals surface area contributed by atoms with Crippen LogP contribution in [0, 0.1) is 0 Å². The van der Waals surface area contributed by atoms with E-state index in [2.05, 4.69) is 17.1 Å². The first kappa shape index (κ1) is 18.3. The molecule has 1 atom stereocenters. The van der Waals surface area contributed by atoms with Gasteiger partial charge in [-0.1, -0.05) is 19.1 Å². The van der Waals surface area contributed by atoms with Crippen molar-refractivity contribution >= 4 is 11.6 Å². The van der Waals surface area contributed by atoms with Crippen LogP contribution in [0.25, 0.3) is 0 Å². The minimum Gasteiger partial charge on any atom is -0.497 e. The molecular weight excluding hydrogens is 328 g/mol. The highest BCUT2D eigenvalue weighted by Crippen LogP contribution is 2.21. The van der Waals surface area contributed by atoms with E-state index in [0.29, 0.717) is 5.56 Å². The van der Waals surface area contributed by atoms with Gasteiger partial charge in [0.05, 0.1) is 26.4 Å². The third-order valence-corrected chi connectivity index (χ3v) is 4.74. The number of morpholine rings is 1. The molecule has 26 heavy (non-hydrogen) atoms. The summed E-state index contributed by atoms with van der Waals surface area (Å²) < 4.78 is 10.6. The van der Waals surface area contributed by atoms with Crippen LogP contribution in [0.3, 0.4) is 0 Å². The second-order valence-corrected chi connectivity index (χ2v) is 6.35. The minimum absolute atomic E-state index is 0.0210. The Balaban J connectivity index is 1.65. The van der Waals surface area contributed by atoms with Gasteiger partial charge in [0.1, 0.15) is 5.75 Å². The molecule has 3 rings (SSSR count). The number of rotatable bonds is 6. The van der Waals surface area contributed by atoms with Crippen molar-refractivity contribution in [1.82, 2.24) is 5.32 Å². The lowest BCUT2D eigenvalue weighted by molar-refractivity contribution is 0.0935. The zero-order valence-electron chi connectivity index (χ0n) is 15.4. The van der Waals surface area contributed by atoms with Crippen LogP contribution in [0.1, 0.15) is 35.3 Å². The standard InChI is InChI=1S/C21H26N2O3/c1-3-20(16-6-10-19(25-2)11-7-16)22-21(24)17-4-8-18(9-5-17)23-12-14-26-15-13-23/h4-11,20H,3,12-15H2,1-2H3,(H,22,24)/t20-/m0/s1. The molecule has 1 fully saturated rings. The SMILES string of the molecule is CC[C@H](NC(=O)c1ccc(N2CCOCC2)cc1)c1ccc(OC)cc1. The molecule has 138 valence electrons. The number of amides is 1. The lowest BCUT2D eigenvalue weighted by atomic mass is 10.0. The van der Waals surface area contributed by atoms with Crippen LogP contribution in [0.4, 0.5) is 5.69 Å². The fraction of sp³-hybridized carbons (Fsp3) is 0.381. The predicted molar refractivity (Wildman–Crippen MR) is 103 cm³/mol. The zero-order valence-corrected chi connectivity index (χ0v) is 15.4. The van der Waals surface area contributed by atoms with E-state index >= 15 is 0 Å². The lowest BCUT2D eigenvalue weighted by Gasteiger charge is -2.28. The molecule has 5 heteroatoms. The number of nitrogens with zero attached hydrogens (tertiary/aromatic N) is 1. The molecule has 1 N–H and O–H groups in total. The van der Waals surface area contributed by atoms with Crippen LogP contribution in [-0.4, -0.2) is 39.3 Å². The molecule has 5 nitrogen and oxygen atoms in total. The fourth-order valence-electron chi connectivity index (χ4n) is 3.14. The van der Waals surface area contributed by atoms with Gasteiger partial charge in [-0.15, -0.1) is 0 Å². The van der Waals surface area contributed by atoms with E-state index in [4.69, 9.17) is 9.47 Å². The molecule has 1 aliphatic rings. The van der Waals surface area contributed by atoms with E-state index < -0.39 is 0 Å². The van der Waals surface area contributed by atoms with E-state index in [1.165, 1.54) is 0 Å². The van der Waals surface area contributed by atoms with Crippen LogP contribution in [0.2, 0.25) is 0 Å². The van der Waals surface area contributed by atoms with Crippen LogP contribution in [0.5, 0.6) is 5.75 Å². The maximum atomic E-state index is 12.6. The van der Waals surface area contributed by atoms with E-state index in [-0.39, 0.29) is 11.9 Å². The normalized spacial score (nSPS) is 15.4. The summed E-state index contributed by atoms with van der Waals surface area (Å²) in [5.74, 6) is 0.759. The minimum atomic E-state index is -0.0544. The summed E-state index contributed by atoms with van der Waals surface area (Å²) in [5.41, 5.74) is 2.88. The Morgan fingerprint density at radius 2 is 1.77 bits per heavy atom. The topological polar surface area (TPSA) is 50.8 Å². The fourth-order valence-corrected chi connectivity index (χ4v) is 3.14. The summed E-state index contributed by atoms with van der Waals surface area (Å²) >= 11 is 0. The van der Waals surface area contributed by atoms with E-state index in [1.54, 1.807) is 7.11 Å². The Morgan fingerprint density at radius 1 is 1.12 bits per heavy atom. The van der Waals surface area contributed by atoms with Gasteiger partial charge in [0.2, 0.25) is 0 Å². The molecule has 1 heterocycles. The van der Waals surface area contributed by atoms with Crippen molar-refractivity contribution in [1.29, 1.82) is 0 Å². The van der Waals surface area contributed by atoms with E-state index in [1.807, 2.05) is 48.5 Å². The summed E-state index contributed by atoms with van der Waals surface area (Å²) in [5, 5.41) is 3.12. The monoisotopic (exact) mass is 354 g/mol. The number of ether oxygens (including phenoxy) is 2.